The van der Waals surface area contributed by atoms with Crippen molar-refractivity contribution in [3.8, 4) is 0 Å². The summed E-state index contributed by atoms with van der Waals surface area (Å²) in [6, 6.07) is 15.8. The van der Waals surface area contributed by atoms with E-state index in [1.54, 1.807) is 17.9 Å². The molecule has 0 radical (unpaired) electrons. The topological polar surface area (TPSA) is 49.9 Å². The second-order valence-electron chi connectivity index (χ2n) is 7.37. The van der Waals surface area contributed by atoms with E-state index in [2.05, 4.69) is 0 Å². The Morgan fingerprint density at radius 3 is 2.21 bits per heavy atom. The molecule has 0 aliphatic carbocycles. The molecule has 2 aromatic rings. The van der Waals surface area contributed by atoms with Crippen LogP contribution in [0.3, 0.4) is 0 Å². The van der Waals surface area contributed by atoms with Gasteiger partial charge in [-0.15, -0.1) is 0 Å². The highest BCUT2D eigenvalue weighted by Gasteiger charge is 2.36. The van der Waals surface area contributed by atoms with Gasteiger partial charge in [-0.2, -0.15) is 0 Å². The molecule has 0 bridgehead atoms. The Morgan fingerprint density at radius 2 is 1.66 bits per heavy atom. The van der Waals surface area contributed by atoms with Crippen molar-refractivity contribution in [2.45, 2.75) is 20.4 Å². The third-order valence-corrected chi connectivity index (χ3v) is 5.08. The monoisotopic (exact) mass is 390 g/mol. The van der Waals surface area contributed by atoms with E-state index in [1.807, 2.05) is 74.4 Å². The normalized spacial score (nSPS) is 15.3. The zero-order valence-electron chi connectivity index (χ0n) is 17.5. The minimum Gasteiger partial charge on any atom is -0.465 e. The first kappa shape index (κ1) is 20.4. The first-order valence-corrected chi connectivity index (χ1v) is 9.48. The number of carbonyl (C=O) groups is 2. The number of amides is 1. The predicted octanol–water partition coefficient (Wildman–Crippen LogP) is 3.93. The van der Waals surface area contributed by atoms with Gasteiger partial charge in [0.25, 0.3) is 5.91 Å². The molecule has 0 saturated heterocycles. The first-order chi connectivity index (χ1) is 13.8. The van der Waals surface area contributed by atoms with Gasteiger partial charge in [0.15, 0.2) is 0 Å². The molecule has 0 saturated carbocycles. The van der Waals surface area contributed by atoms with Crippen LogP contribution in [0.15, 0.2) is 65.4 Å². The van der Waals surface area contributed by atoms with Crippen LogP contribution in [0.25, 0.3) is 6.08 Å². The summed E-state index contributed by atoms with van der Waals surface area (Å²) in [5.74, 6) is -0.696. The number of benzene rings is 2. The molecule has 3 rings (SSSR count). The number of esters is 1. The molecule has 0 spiro atoms. The molecule has 1 heterocycles. The SMILES string of the molecule is COC(=O)C1=C(C)N(Cc2ccc(C)cc2)C(=O)C1=Cc1ccc(N(C)C)cc1. The van der Waals surface area contributed by atoms with Crippen molar-refractivity contribution in [3.63, 3.8) is 0 Å². The average molecular weight is 390 g/mol. The number of methoxy groups -OCH3 is 1. The Morgan fingerprint density at radius 1 is 1.03 bits per heavy atom. The third kappa shape index (κ3) is 4.24. The molecule has 0 aromatic heterocycles. The van der Waals surface area contributed by atoms with Crippen LogP contribution in [-0.2, 0) is 20.9 Å². The first-order valence-electron chi connectivity index (χ1n) is 9.48. The Balaban J connectivity index is 1.98. The molecule has 150 valence electrons. The Kier molecular flexibility index (Phi) is 5.87. The molecular formula is C24H26N2O3. The minimum atomic E-state index is -0.501. The maximum Gasteiger partial charge on any atom is 0.340 e. The van der Waals surface area contributed by atoms with Crippen LogP contribution in [0, 0.1) is 6.92 Å². The Hall–Kier alpha value is -3.34. The number of hydrogen-bond acceptors (Lipinski definition) is 4. The lowest BCUT2D eigenvalue weighted by atomic mass is 10.0. The van der Waals surface area contributed by atoms with E-state index in [1.165, 1.54) is 7.11 Å². The van der Waals surface area contributed by atoms with E-state index in [0.29, 0.717) is 23.4 Å². The number of allylic oxidation sites excluding steroid dienone is 1. The summed E-state index contributed by atoms with van der Waals surface area (Å²) >= 11 is 0. The van der Waals surface area contributed by atoms with Gasteiger partial charge >= 0.3 is 5.97 Å². The fourth-order valence-corrected chi connectivity index (χ4v) is 3.33. The zero-order valence-corrected chi connectivity index (χ0v) is 17.5. The number of carbonyl (C=O) groups excluding carboxylic acids is 2. The largest absolute Gasteiger partial charge is 0.465 e. The molecular weight excluding hydrogens is 364 g/mol. The van der Waals surface area contributed by atoms with Gasteiger partial charge in [-0.1, -0.05) is 42.0 Å². The number of ether oxygens (including phenoxy) is 1. The molecule has 2 aromatic carbocycles. The van der Waals surface area contributed by atoms with Crippen LogP contribution in [-0.4, -0.2) is 38.0 Å². The second kappa shape index (κ2) is 8.35. The molecule has 1 aliphatic rings. The summed E-state index contributed by atoms with van der Waals surface area (Å²) < 4.78 is 4.96. The van der Waals surface area contributed by atoms with Gasteiger partial charge in [0.2, 0.25) is 0 Å². The third-order valence-electron chi connectivity index (χ3n) is 5.08. The van der Waals surface area contributed by atoms with E-state index in [4.69, 9.17) is 4.74 Å². The summed E-state index contributed by atoms with van der Waals surface area (Å²) in [6.07, 6.45) is 1.76. The molecule has 29 heavy (non-hydrogen) atoms. The number of rotatable bonds is 5. The van der Waals surface area contributed by atoms with Crippen LogP contribution >= 0.6 is 0 Å². The lowest BCUT2D eigenvalue weighted by molar-refractivity contribution is -0.136. The average Bonchev–Trinajstić information content (AvgIpc) is 2.93. The van der Waals surface area contributed by atoms with Crippen molar-refractivity contribution in [1.29, 1.82) is 0 Å². The zero-order chi connectivity index (χ0) is 21.1. The number of nitrogens with zero attached hydrogens (tertiary/aromatic N) is 2. The summed E-state index contributed by atoms with van der Waals surface area (Å²) in [4.78, 5) is 29.3. The number of hydrogen-bond donors (Lipinski definition) is 0. The van der Waals surface area contributed by atoms with Crippen LogP contribution in [0.5, 0.6) is 0 Å². The fraction of sp³-hybridized carbons (Fsp3) is 0.250. The van der Waals surface area contributed by atoms with E-state index in [0.717, 1.165) is 22.4 Å². The van der Waals surface area contributed by atoms with Crippen LogP contribution < -0.4 is 4.90 Å². The van der Waals surface area contributed by atoms with E-state index in [9.17, 15) is 9.59 Å². The summed E-state index contributed by atoms with van der Waals surface area (Å²) in [6.45, 7) is 4.21. The molecule has 1 aliphatic heterocycles. The van der Waals surface area contributed by atoms with Crippen LogP contribution in [0.4, 0.5) is 5.69 Å². The Bertz CT molecular complexity index is 984. The van der Waals surface area contributed by atoms with Gasteiger partial charge in [-0.05, 0) is 43.2 Å². The highest BCUT2D eigenvalue weighted by atomic mass is 16.5. The smallest absolute Gasteiger partial charge is 0.340 e. The van der Waals surface area contributed by atoms with Crippen molar-refractivity contribution < 1.29 is 14.3 Å². The second-order valence-corrected chi connectivity index (χ2v) is 7.37. The van der Waals surface area contributed by atoms with Gasteiger partial charge in [0, 0.05) is 25.5 Å². The maximum atomic E-state index is 13.2. The van der Waals surface area contributed by atoms with Crippen molar-refractivity contribution in [2.75, 3.05) is 26.1 Å². The summed E-state index contributed by atoms with van der Waals surface area (Å²) in [7, 11) is 5.27. The maximum absolute atomic E-state index is 13.2. The number of anilines is 1. The lowest BCUT2D eigenvalue weighted by Gasteiger charge is -2.18. The predicted molar refractivity (Wildman–Crippen MR) is 115 cm³/mol. The molecule has 1 amide bonds. The minimum absolute atomic E-state index is 0.194. The van der Waals surface area contributed by atoms with Crippen LogP contribution in [0.2, 0.25) is 0 Å². The molecule has 5 heteroatoms. The van der Waals surface area contributed by atoms with Crippen molar-refractivity contribution >= 4 is 23.6 Å². The fourth-order valence-electron chi connectivity index (χ4n) is 3.33. The summed E-state index contributed by atoms with van der Waals surface area (Å²) in [5.41, 5.74) is 5.37. The molecule has 0 atom stereocenters. The quantitative estimate of drug-likeness (QED) is 0.573. The highest BCUT2D eigenvalue weighted by Crippen LogP contribution is 2.33. The lowest BCUT2D eigenvalue weighted by Crippen LogP contribution is -2.24. The van der Waals surface area contributed by atoms with E-state index in [-0.39, 0.29) is 5.91 Å². The van der Waals surface area contributed by atoms with Gasteiger partial charge in [0.1, 0.15) is 0 Å². The van der Waals surface area contributed by atoms with Gasteiger partial charge < -0.3 is 14.5 Å². The molecule has 0 fully saturated rings. The van der Waals surface area contributed by atoms with Crippen molar-refractivity contribution in [1.82, 2.24) is 4.90 Å². The molecule has 0 N–H and O–H groups in total. The van der Waals surface area contributed by atoms with E-state index < -0.39 is 5.97 Å². The number of aryl methyl sites for hydroxylation is 1. The van der Waals surface area contributed by atoms with Gasteiger partial charge in [-0.25, -0.2) is 4.79 Å². The highest BCUT2D eigenvalue weighted by molar-refractivity contribution is 6.16. The van der Waals surface area contributed by atoms with Crippen LogP contribution in [0.1, 0.15) is 23.6 Å². The molecule has 0 unspecified atom stereocenters. The van der Waals surface area contributed by atoms with Gasteiger partial charge in [0.05, 0.1) is 24.8 Å². The van der Waals surface area contributed by atoms with Crippen molar-refractivity contribution in [2.24, 2.45) is 0 Å². The summed E-state index contributed by atoms with van der Waals surface area (Å²) in [5, 5.41) is 0. The van der Waals surface area contributed by atoms with Gasteiger partial charge in [-0.3, -0.25) is 4.79 Å². The van der Waals surface area contributed by atoms with E-state index >= 15 is 0 Å². The van der Waals surface area contributed by atoms with Crippen molar-refractivity contribution in [3.05, 3.63) is 82.1 Å². The Labute approximate surface area is 171 Å². The molecule has 5 nitrogen and oxygen atoms in total. The standard InChI is InChI=1S/C24H26N2O3/c1-16-6-8-19(9-7-16)15-26-17(2)22(24(28)29-5)21(23(26)27)14-18-10-12-20(13-11-18)25(3)4/h6-14H,15H2,1-5H3.